The van der Waals surface area contributed by atoms with Gasteiger partial charge in [0.2, 0.25) is 0 Å². The van der Waals surface area contributed by atoms with Crippen molar-refractivity contribution in [1.82, 2.24) is 9.97 Å². The van der Waals surface area contributed by atoms with Gasteiger partial charge in [0.15, 0.2) is 0 Å². The Balaban J connectivity index is 1.96. The molecule has 0 radical (unpaired) electrons. The van der Waals surface area contributed by atoms with Crippen LogP contribution in [0.4, 0.5) is 11.6 Å². The monoisotopic (exact) mass is 426 g/mol. The van der Waals surface area contributed by atoms with Crippen LogP contribution in [-0.2, 0) is 6.42 Å². The summed E-state index contributed by atoms with van der Waals surface area (Å²) in [6.45, 7) is 2.07. The Morgan fingerprint density at radius 3 is 2.53 bits per heavy atom. The Hall–Kier alpha value is -2.73. The van der Waals surface area contributed by atoms with Crippen LogP contribution in [0.2, 0.25) is 5.02 Å². The number of pyridine rings is 2. The number of rotatable bonds is 6. The molecule has 2 heterocycles. The summed E-state index contributed by atoms with van der Waals surface area (Å²) < 4.78 is 11.1. The normalized spacial score (nSPS) is 14.3. The summed E-state index contributed by atoms with van der Waals surface area (Å²) in [6.07, 6.45) is 7.28. The molecule has 4 rings (SSSR count). The molecule has 0 bridgehead atoms. The molecule has 0 unspecified atom stereocenters. The molecular weight excluding hydrogens is 400 g/mol. The van der Waals surface area contributed by atoms with Gasteiger partial charge in [0.05, 0.1) is 24.9 Å². The molecule has 30 heavy (non-hydrogen) atoms. The zero-order valence-electron chi connectivity index (χ0n) is 17.6. The minimum absolute atomic E-state index is 0.409. The van der Waals surface area contributed by atoms with E-state index in [0.29, 0.717) is 22.6 Å². The standard InChI is InChI=1S/C23H27ClN4O2/c1-4-15-18(29-2)11-19(30-3)22(24)21(15)17-9-13-12-26-20(25)10-16(13)23(28-17)27-14-7-5-6-8-14/h9-12,14H,4-8H2,1-3H3,(H2,25,26)(H,27,28). The zero-order valence-corrected chi connectivity index (χ0v) is 18.3. The number of hydrogen-bond acceptors (Lipinski definition) is 6. The van der Waals surface area contributed by atoms with Gasteiger partial charge in [0.1, 0.15) is 23.1 Å². The maximum Gasteiger partial charge on any atom is 0.141 e. The van der Waals surface area contributed by atoms with Crippen LogP contribution in [-0.4, -0.2) is 30.2 Å². The smallest absolute Gasteiger partial charge is 0.141 e. The molecule has 1 fully saturated rings. The van der Waals surface area contributed by atoms with Gasteiger partial charge in [-0.15, -0.1) is 0 Å². The van der Waals surface area contributed by atoms with Gasteiger partial charge in [0.25, 0.3) is 0 Å². The van der Waals surface area contributed by atoms with E-state index in [1.165, 1.54) is 12.8 Å². The topological polar surface area (TPSA) is 82.3 Å². The number of nitrogens with one attached hydrogen (secondary N) is 1. The molecule has 7 heteroatoms. The highest BCUT2D eigenvalue weighted by molar-refractivity contribution is 6.35. The SMILES string of the molecule is CCc1c(OC)cc(OC)c(Cl)c1-c1cc2cnc(N)cc2c(NC2CCCC2)n1. The summed E-state index contributed by atoms with van der Waals surface area (Å²) in [4.78, 5) is 9.29. The van der Waals surface area contributed by atoms with E-state index < -0.39 is 0 Å². The molecule has 1 aliphatic rings. The van der Waals surface area contributed by atoms with Crippen LogP contribution in [0.25, 0.3) is 22.0 Å². The first-order valence-corrected chi connectivity index (χ1v) is 10.7. The number of nitrogens with two attached hydrogens (primary N) is 1. The molecular formula is C23H27ClN4O2. The largest absolute Gasteiger partial charge is 0.496 e. The molecule has 0 saturated heterocycles. The molecule has 3 aromatic rings. The zero-order chi connectivity index (χ0) is 21.3. The van der Waals surface area contributed by atoms with Crippen LogP contribution in [0.15, 0.2) is 24.4 Å². The number of halogens is 1. The van der Waals surface area contributed by atoms with Crippen molar-refractivity contribution in [2.45, 2.75) is 45.1 Å². The average molecular weight is 427 g/mol. The number of hydrogen-bond donors (Lipinski definition) is 2. The van der Waals surface area contributed by atoms with E-state index in [1.807, 2.05) is 18.2 Å². The van der Waals surface area contributed by atoms with E-state index >= 15 is 0 Å². The van der Waals surface area contributed by atoms with Crippen molar-refractivity contribution in [3.63, 3.8) is 0 Å². The highest BCUT2D eigenvalue weighted by Crippen LogP contribution is 2.44. The fraction of sp³-hybridized carbons (Fsp3) is 0.391. The van der Waals surface area contributed by atoms with Gasteiger partial charge in [-0.2, -0.15) is 0 Å². The number of methoxy groups -OCH3 is 2. The van der Waals surface area contributed by atoms with E-state index in [0.717, 1.165) is 58.4 Å². The lowest BCUT2D eigenvalue weighted by Crippen LogP contribution is -2.16. The van der Waals surface area contributed by atoms with Crippen molar-refractivity contribution in [2.75, 3.05) is 25.3 Å². The molecule has 6 nitrogen and oxygen atoms in total. The number of ether oxygens (including phenoxy) is 2. The van der Waals surface area contributed by atoms with Crippen LogP contribution in [0.3, 0.4) is 0 Å². The second-order valence-corrected chi connectivity index (χ2v) is 7.99. The van der Waals surface area contributed by atoms with Gasteiger partial charge in [0, 0.05) is 40.2 Å². The van der Waals surface area contributed by atoms with Gasteiger partial charge in [-0.25, -0.2) is 9.97 Å². The number of nitrogen functional groups attached to an aromatic ring is 1. The summed E-state index contributed by atoms with van der Waals surface area (Å²) in [7, 11) is 3.25. The van der Waals surface area contributed by atoms with Crippen LogP contribution < -0.4 is 20.5 Å². The van der Waals surface area contributed by atoms with Crippen molar-refractivity contribution in [3.05, 3.63) is 35.0 Å². The summed E-state index contributed by atoms with van der Waals surface area (Å²) in [6, 6.07) is 6.11. The van der Waals surface area contributed by atoms with E-state index in [4.69, 9.17) is 31.8 Å². The molecule has 0 spiro atoms. The molecule has 3 N–H and O–H groups in total. The average Bonchev–Trinajstić information content (AvgIpc) is 3.26. The maximum absolute atomic E-state index is 6.78. The first kappa shape index (κ1) is 20.5. The highest BCUT2D eigenvalue weighted by Gasteiger charge is 2.22. The quantitative estimate of drug-likeness (QED) is 0.544. The van der Waals surface area contributed by atoms with Crippen molar-refractivity contribution >= 4 is 34.0 Å². The number of aromatic nitrogens is 2. The minimum Gasteiger partial charge on any atom is -0.496 e. The summed E-state index contributed by atoms with van der Waals surface area (Å²) >= 11 is 6.78. The lowest BCUT2D eigenvalue weighted by molar-refractivity contribution is 0.392. The lowest BCUT2D eigenvalue weighted by atomic mass is 9.98. The molecule has 0 aliphatic heterocycles. The van der Waals surface area contributed by atoms with E-state index in [9.17, 15) is 0 Å². The number of fused-ring (bicyclic) bond motifs is 1. The molecule has 1 aromatic carbocycles. The Morgan fingerprint density at radius 1 is 1.13 bits per heavy atom. The van der Waals surface area contributed by atoms with Crippen molar-refractivity contribution in [2.24, 2.45) is 0 Å². The van der Waals surface area contributed by atoms with Crippen LogP contribution in [0.5, 0.6) is 11.5 Å². The van der Waals surface area contributed by atoms with E-state index in [1.54, 1.807) is 20.4 Å². The predicted molar refractivity (Wildman–Crippen MR) is 123 cm³/mol. The number of nitrogens with zero attached hydrogens (tertiary/aromatic N) is 2. The van der Waals surface area contributed by atoms with E-state index in [2.05, 4.69) is 17.2 Å². The van der Waals surface area contributed by atoms with Crippen molar-refractivity contribution < 1.29 is 9.47 Å². The van der Waals surface area contributed by atoms with Crippen LogP contribution >= 0.6 is 11.6 Å². The van der Waals surface area contributed by atoms with Gasteiger partial charge in [-0.3, -0.25) is 0 Å². The Kier molecular flexibility index (Phi) is 5.86. The van der Waals surface area contributed by atoms with Gasteiger partial charge >= 0.3 is 0 Å². The number of anilines is 2. The van der Waals surface area contributed by atoms with Crippen LogP contribution in [0, 0.1) is 0 Å². The van der Waals surface area contributed by atoms with E-state index in [-0.39, 0.29) is 0 Å². The van der Waals surface area contributed by atoms with Crippen LogP contribution in [0.1, 0.15) is 38.2 Å². The van der Waals surface area contributed by atoms with Gasteiger partial charge in [-0.1, -0.05) is 31.4 Å². The lowest BCUT2D eigenvalue weighted by Gasteiger charge is -2.20. The first-order chi connectivity index (χ1) is 14.5. The molecule has 0 atom stereocenters. The molecule has 2 aromatic heterocycles. The Bertz CT molecular complexity index is 1080. The Morgan fingerprint density at radius 2 is 1.87 bits per heavy atom. The fourth-order valence-corrected chi connectivity index (χ4v) is 4.60. The van der Waals surface area contributed by atoms with Gasteiger partial charge < -0.3 is 20.5 Å². The Labute approximate surface area is 181 Å². The first-order valence-electron chi connectivity index (χ1n) is 10.3. The molecule has 158 valence electrons. The third-order valence-electron chi connectivity index (χ3n) is 5.78. The second-order valence-electron chi connectivity index (χ2n) is 7.61. The highest BCUT2D eigenvalue weighted by atomic mass is 35.5. The molecule has 1 aliphatic carbocycles. The third kappa shape index (κ3) is 3.72. The van der Waals surface area contributed by atoms with Crippen molar-refractivity contribution in [3.8, 4) is 22.8 Å². The summed E-state index contributed by atoms with van der Waals surface area (Å²) in [5.74, 6) is 2.57. The maximum atomic E-state index is 6.78. The molecule has 0 amide bonds. The minimum atomic E-state index is 0.409. The third-order valence-corrected chi connectivity index (χ3v) is 6.15. The fourth-order valence-electron chi connectivity index (χ4n) is 4.26. The predicted octanol–water partition coefficient (Wildman–Crippen LogP) is 5.47. The summed E-state index contributed by atoms with van der Waals surface area (Å²) in [5, 5.41) is 6.07. The molecule has 1 saturated carbocycles. The summed E-state index contributed by atoms with van der Waals surface area (Å²) in [5.41, 5.74) is 8.55. The van der Waals surface area contributed by atoms with Gasteiger partial charge in [-0.05, 0) is 31.4 Å². The second kappa shape index (κ2) is 8.56. The number of benzene rings is 1. The van der Waals surface area contributed by atoms with Crippen molar-refractivity contribution in [1.29, 1.82) is 0 Å².